The lowest BCUT2D eigenvalue weighted by atomic mass is 9.83. The van der Waals surface area contributed by atoms with Crippen LogP contribution >= 0.6 is 27.3 Å². The molecule has 0 spiro atoms. The molecule has 0 bridgehead atoms. The number of nitro groups is 1. The molecule has 0 amide bonds. The Morgan fingerprint density at radius 1 is 1.18 bits per heavy atom. The van der Waals surface area contributed by atoms with E-state index in [4.69, 9.17) is 9.73 Å². The zero-order valence-corrected chi connectivity index (χ0v) is 22.5. The Bertz CT molecular complexity index is 1860. The number of aromatic nitrogens is 1. The highest BCUT2D eigenvalue weighted by Crippen LogP contribution is 2.41. The third kappa shape index (κ3) is 3.97. The molecule has 1 atom stereocenters. The number of hydrogen-bond acceptors (Lipinski definition) is 7. The van der Waals surface area contributed by atoms with E-state index in [0.29, 0.717) is 31.4 Å². The van der Waals surface area contributed by atoms with Gasteiger partial charge in [0.2, 0.25) is 0 Å². The summed E-state index contributed by atoms with van der Waals surface area (Å²) >= 11 is 4.59. The van der Waals surface area contributed by atoms with Gasteiger partial charge in [-0.1, -0.05) is 47.7 Å². The summed E-state index contributed by atoms with van der Waals surface area (Å²) in [4.78, 5) is 30.5. The van der Waals surface area contributed by atoms with Gasteiger partial charge in [-0.25, -0.2) is 4.99 Å². The van der Waals surface area contributed by atoms with Gasteiger partial charge in [0.25, 0.3) is 11.2 Å². The van der Waals surface area contributed by atoms with Gasteiger partial charge in [0.05, 0.1) is 32.8 Å². The molecule has 8 nitrogen and oxygen atoms in total. The quantitative estimate of drug-likeness (QED) is 0.274. The van der Waals surface area contributed by atoms with Crippen LogP contribution in [-0.4, -0.2) is 21.7 Å². The van der Waals surface area contributed by atoms with Gasteiger partial charge in [0.15, 0.2) is 16.3 Å². The number of nitrogens with zero attached hydrogens (tertiary/aromatic N) is 3. The molecule has 1 aliphatic carbocycles. The maximum Gasteiger partial charge on any atom is 0.271 e. The third-order valence-corrected chi connectivity index (χ3v) is 8.43. The lowest BCUT2D eigenvalue weighted by molar-refractivity contribution is -0.384. The number of aromatic hydroxyl groups is 1. The summed E-state index contributed by atoms with van der Waals surface area (Å²) in [6.45, 7) is 0. The van der Waals surface area contributed by atoms with Gasteiger partial charge in [-0.3, -0.25) is 19.5 Å². The number of halogens is 1. The van der Waals surface area contributed by atoms with Crippen LogP contribution in [0, 0.1) is 10.1 Å². The summed E-state index contributed by atoms with van der Waals surface area (Å²) in [6.07, 6.45) is 3.22. The fraction of sp³-hybridized carbons (Fsp3) is 0.143. The second-order valence-electron chi connectivity index (χ2n) is 9.02. The molecular weight excluding hydrogens is 570 g/mol. The van der Waals surface area contributed by atoms with Crippen LogP contribution in [0.1, 0.15) is 34.7 Å². The number of benzene rings is 3. The smallest absolute Gasteiger partial charge is 0.271 e. The maximum absolute atomic E-state index is 13.9. The number of allylic oxidation sites excluding steroid dienone is 1. The molecule has 0 saturated heterocycles. The second-order valence-corrected chi connectivity index (χ2v) is 10.9. The topological polar surface area (TPSA) is 107 Å². The van der Waals surface area contributed by atoms with Gasteiger partial charge in [-0.05, 0) is 69.2 Å². The van der Waals surface area contributed by atoms with Gasteiger partial charge in [-0.2, -0.15) is 0 Å². The minimum absolute atomic E-state index is 0.0249. The van der Waals surface area contributed by atoms with Crippen LogP contribution in [0.5, 0.6) is 11.5 Å². The Balaban J connectivity index is 1.62. The number of hydrogen-bond donors (Lipinski definition) is 1. The Morgan fingerprint density at radius 3 is 2.79 bits per heavy atom. The van der Waals surface area contributed by atoms with Crippen LogP contribution in [0.4, 0.5) is 5.69 Å². The van der Waals surface area contributed by atoms with Crippen molar-refractivity contribution in [1.29, 1.82) is 0 Å². The molecule has 38 heavy (non-hydrogen) atoms. The van der Waals surface area contributed by atoms with E-state index < -0.39 is 11.0 Å². The minimum atomic E-state index is -0.516. The number of rotatable bonds is 4. The molecule has 4 aromatic rings. The molecule has 0 radical (unpaired) electrons. The molecule has 2 heterocycles. The molecule has 0 unspecified atom stereocenters. The van der Waals surface area contributed by atoms with Crippen molar-refractivity contribution in [3.63, 3.8) is 0 Å². The first-order valence-corrected chi connectivity index (χ1v) is 13.4. The Hall–Kier alpha value is -4.02. The number of non-ortho nitro benzene ring substituents is 1. The molecule has 6 rings (SSSR count). The van der Waals surface area contributed by atoms with E-state index in [1.54, 1.807) is 34.9 Å². The van der Waals surface area contributed by atoms with Crippen molar-refractivity contribution in [3.05, 3.63) is 123 Å². The molecule has 190 valence electrons. The monoisotopic (exact) mass is 589 g/mol. The van der Waals surface area contributed by atoms with Crippen molar-refractivity contribution in [2.24, 2.45) is 4.99 Å². The standard InChI is InChI=1S/C28H20BrN3O5S/c1-37-22-12-15(11-21(29)26(22)33)13-23-27(34)31-25(17-6-4-7-18(14-17)32(35)36)20-10-9-16-5-2-3-8-19(16)24(20)30-28(31)38-23/h2-8,11-14,25,33H,9-10H2,1H3/b23-13+/t25-/m1/s1. The van der Waals surface area contributed by atoms with E-state index >= 15 is 0 Å². The van der Waals surface area contributed by atoms with Gasteiger partial charge in [0, 0.05) is 17.7 Å². The van der Waals surface area contributed by atoms with Crippen molar-refractivity contribution in [3.8, 4) is 11.5 Å². The van der Waals surface area contributed by atoms with Gasteiger partial charge >= 0.3 is 0 Å². The van der Waals surface area contributed by atoms with E-state index in [9.17, 15) is 20.0 Å². The van der Waals surface area contributed by atoms with Crippen LogP contribution in [0.25, 0.3) is 11.8 Å². The van der Waals surface area contributed by atoms with Gasteiger partial charge in [-0.15, -0.1) is 0 Å². The van der Waals surface area contributed by atoms with Crippen LogP contribution in [0.3, 0.4) is 0 Å². The highest BCUT2D eigenvalue weighted by Gasteiger charge is 2.33. The van der Waals surface area contributed by atoms with Crippen LogP contribution in [-0.2, 0) is 6.42 Å². The summed E-state index contributed by atoms with van der Waals surface area (Å²) in [6, 6.07) is 17.4. The van der Waals surface area contributed by atoms with Crippen molar-refractivity contribution in [2.75, 3.05) is 7.11 Å². The molecule has 3 aromatic carbocycles. The summed E-state index contributed by atoms with van der Waals surface area (Å²) in [5.41, 5.74) is 5.07. The number of methoxy groups -OCH3 is 1. The maximum atomic E-state index is 13.9. The average molecular weight is 590 g/mol. The Labute approximate surface area is 228 Å². The average Bonchev–Trinajstić information content (AvgIpc) is 3.23. The third-order valence-electron chi connectivity index (χ3n) is 6.84. The van der Waals surface area contributed by atoms with E-state index in [-0.39, 0.29) is 22.7 Å². The fourth-order valence-electron chi connectivity index (χ4n) is 5.11. The number of aryl methyl sites for hydroxylation is 1. The summed E-state index contributed by atoms with van der Waals surface area (Å²) in [5, 5.41) is 21.8. The first kappa shape index (κ1) is 24.3. The highest BCUT2D eigenvalue weighted by molar-refractivity contribution is 9.10. The SMILES string of the molecule is COc1cc(/C=c2/sc3n(c2=O)[C@H](c2cccc([N+](=O)[O-])c2)C2=C(N=3)c3ccccc3CC2)cc(Br)c1O. The Morgan fingerprint density at radius 2 is 2.00 bits per heavy atom. The zero-order chi connectivity index (χ0) is 26.6. The van der Waals surface area contributed by atoms with Gasteiger partial charge < -0.3 is 9.84 Å². The van der Waals surface area contributed by atoms with E-state index in [0.717, 1.165) is 23.3 Å². The molecule has 1 N–H and O–H groups in total. The van der Waals surface area contributed by atoms with E-state index in [2.05, 4.69) is 22.0 Å². The van der Waals surface area contributed by atoms with Crippen LogP contribution in [0.15, 0.2) is 80.5 Å². The summed E-state index contributed by atoms with van der Waals surface area (Å²) in [5.74, 6) is 0.253. The number of fused-ring (bicyclic) bond motifs is 3. The number of ether oxygens (including phenoxy) is 1. The number of phenols is 1. The molecule has 2 aliphatic rings. The second kappa shape index (κ2) is 9.38. The predicted molar refractivity (Wildman–Crippen MR) is 148 cm³/mol. The van der Waals surface area contributed by atoms with Crippen molar-refractivity contribution in [2.45, 2.75) is 18.9 Å². The van der Waals surface area contributed by atoms with Gasteiger partial charge in [0.1, 0.15) is 0 Å². The van der Waals surface area contributed by atoms with Crippen LogP contribution < -0.4 is 19.6 Å². The Kier molecular flexibility index (Phi) is 6.00. The van der Waals surface area contributed by atoms with Crippen molar-refractivity contribution < 1.29 is 14.8 Å². The highest BCUT2D eigenvalue weighted by atomic mass is 79.9. The molecule has 1 aromatic heterocycles. The number of nitro benzene ring substituents is 1. The molecule has 0 fully saturated rings. The van der Waals surface area contributed by atoms with Crippen molar-refractivity contribution in [1.82, 2.24) is 4.57 Å². The lowest BCUT2D eigenvalue weighted by Gasteiger charge is -2.30. The molecule has 1 aliphatic heterocycles. The van der Waals surface area contributed by atoms with E-state index in [1.807, 2.05) is 24.3 Å². The number of thiazole rings is 1. The summed E-state index contributed by atoms with van der Waals surface area (Å²) in [7, 11) is 1.46. The first-order valence-electron chi connectivity index (χ1n) is 11.8. The fourth-order valence-corrected chi connectivity index (χ4v) is 6.58. The van der Waals surface area contributed by atoms with Crippen molar-refractivity contribution >= 4 is 44.7 Å². The summed E-state index contributed by atoms with van der Waals surface area (Å²) < 4.78 is 7.80. The number of phenolic OH excluding ortho intramolecular Hbond substituents is 1. The first-order chi connectivity index (χ1) is 18.4. The van der Waals surface area contributed by atoms with E-state index in [1.165, 1.54) is 30.1 Å². The molecule has 0 saturated carbocycles. The zero-order valence-electron chi connectivity index (χ0n) is 20.1. The normalized spacial score (nSPS) is 16.4. The van der Waals surface area contributed by atoms with Crippen LogP contribution in [0.2, 0.25) is 0 Å². The molecular formula is C28H20BrN3O5S. The minimum Gasteiger partial charge on any atom is -0.503 e. The molecule has 10 heteroatoms. The predicted octanol–water partition coefficient (Wildman–Crippen LogP) is 4.70. The lowest BCUT2D eigenvalue weighted by Crippen LogP contribution is -2.38. The largest absolute Gasteiger partial charge is 0.503 e.